The molecule has 8 heteroatoms. The highest BCUT2D eigenvalue weighted by molar-refractivity contribution is 7.09. The fraction of sp³-hybridized carbons (Fsp3) is 0.312. The van der Waals surface area contributed by atoms with Gasteiger partial charge in [0.05, 0.1) is 0 Å². The fourth-order valence-corrected chi connectivity index (χ4v) is 2.70. The Balaban J connectivity index is 1.88. The largest absolute Gasteiger partial charge is 0.484 e. The van der Waals surface area contributed by atoms with Crippen molar-refractivity contribution in [2.24, 2.45) is 0 Å². The predicted octanol–water partition coefficient (Wildman–Crippen LogP) is 4.36. The molecule has 1 aromatic heterocycles. The van der Waals surface area contributed by atoms with Crippen LogP contribution in [0, 0.1) is 6.92 Å². The minimum absolute atomic E-state index is 0.0868. The second kappa shape index (κ2) is 8.05. The van der Waals surface area contributed by atoms with Gasteiger partial charge in [-0.05, 0) is 36.9 Å². The van der Waals surface area contributed by atoms with E-state index < -0.39 is 18.8 Å². The van der Waals surface area contributed by atoms with Crippen molar-refractivity contribution in [2.75, 3.05) is 18.5 Å². The van der Waals surface area contributed by atoms with Gasteiger partial charge < -0.3 is 15.4 Å². The summed E-state index contributed by atoms with van der Waals surface area (Å²) in [5, 5.41) is 7.29. The number of ether oxygens (including phenoxy) is 1. The van der Waals surface area contributed by atoms with E-state index in [0.717, 1.165) is 11.3 Å². The Morgan fingerprint density at radius 1 is 1.25 bits per heavy atom. The first-order chi connectivity index (χ1) is 11.3. The third-order valence-corrected chi connectivity index (χ3v) is 4.10. The predicted molar refractivity (Wildman–Crippen MR) is 87.8 cm³/mol. The molecule has 1 heterocycles. The van der Waals surface area contributed by atoms with Crippen LogP contribution in [0.1, 0.15) is 10.4 Å². The van der Waals surface area contributed by atoms with E-state index in [9.17, 15) is 18.0 Å². The molecule has 0 bridgehead atoms. The molecule has 2 amide bonds. The van der Waals surface area contributed by atoms with Gasteiger partial charge in [0.2, 0.25) is 0 Å². The van der Waals surface area contributed by atoms with Crippen LogP contribution < -0.4 is 15.4 Å². The smallest absolute Gasteiger partial charge is 0.422 e. The Kier molecular flexibility index (Phi) is 6.08. The molecule has 0 radical (unpaired) electrons. The zero-order valence-corrected chi connectivity index (χ0v) is 13.8. The molecule has 24 heavy (non-hydrogen) atoms. The van der Waals surface area contributed by atoms with Gasteiger partial charge in [-0.1, -0.05) is 12.1 Å². The quantitative estimate of drug-likeness (QED) is 0.806. The van der Waals surface area contributed by atoms with Gasteiger partial charge in [0.1, 0.15) is 5.75 Å². The first-order valence-corrected chi connectivity index (χ1v) is 8.09. The van der Waals surface area contributed by atoms with Crippen molar-refractivity contribution in [1.29, 1.82) is 0 Å². The topological polar surface area (TPSA) is 50.4 Å². The van der Waals surface area contributed by atoms with Crippen molar-refractivity contribution < 1.29 is 22.7 Å². The Morgan fingerprint density at radius 3 is 2.71 bits per heavy atom. The zero-order chi connectivity index (χ0) is 17.6. The fourth-order valence-electron chi connectivity index (χ4n) is 1.99. The molecule has 1 aromatic carbocycles. The van der Waals surface area contributed by atoms with Gasteiger partial charge in [-0.3, -0.25) is 0 Å². The third kappa shape index (κ3) is 5.77. The standard InChI is InChI=1S/C16H17F3N2O2S/c1-11-13(5-2-6-14(11)23-10-16(17,18)19)21-15(22)20-8-7-12-4-3-9-24-12/h2-6,9H,7-8,10H2,1H3,(H2,20,21,22). The maximum atomic E-state index is 12.2. The van der Waals surface area contributed by atoms with E-state index >= 15 is 0 Å². The molecular formula is C16H17F3N2O2S. The third-order valence-electron chi connectivity index (χ3n) is 3.16. The van der Waals surface area contributed by atoms with Gasteiger partial charge in [-0.15, -0.1) is 11.3 Å². The lowest BCUT2D eigenvalue weighted by molar-refractivity contribution is -0.153. The number of alkyl halides is 3. The molecule has 0 fully saturated rings. The lowest BCUT2D eigenvalue weighted by atomic mass is 10.2. The number of thiophene rings is 1. The molecule has 4 nitrogen and oxygen atoms in total. The van der Waals surface area contributed by atoms with Gasteiger partial charge in [0, 0.05) is 22.7 Å². The van der Waals surface area contributed by atoms with Crippen LogP contribution in [0.25, 0.3) is 0 Å². The number of anilines is 1. The van der Waals surface area contributed by atoms with E-state index in [1.165, 1.54) is 12.1 Å². The number of halogens is 3. The Labute approximate surface area is 141 Å². The van der Waals surface area contributed by atoms with Gasteiger partial charge >= 0.3 is 12.2 Å². The van der Waals surface area contributed by atoms with Crippen molar-refractivity contribution in [3.05, 3.63) is 46.2 Å². The molecule has 2 aromatic rings. The van der Waals surface area contributed by atoms with Gasteiger partial charge in [0.25, 0.3) is 0 Å². The molecule has 0 unspecified atom stereocenters. The zero-order valence-electron chi connectivity index (χ0n) is 12.9. The van der Waals surface area contributed by atoms with Crippen molar-refractivity contribution in [2.45, 2.75) is 19.5 Å². The maximum Gasteiger partial charge on any atom is 0.422 e. The molecule has 2 rings (SSSR count). The molecule has 0 spiro atoms. The van der Waals surface area contributed by atoms with Crippen LogP contribution in [0.5, 0.6) is 5.75 Å². The van der Waals surface area contributed by atoms with Crippen LogP contribution in [0.15, 0.2) is 35.7 Å². The monoisotopic (exact) mass is 358 g/mol. The summed E-state index contributed by atoms with van der Waals surface area (Å²) in [4.78, 5) is 13.0. The summed E-state index contributed by atoms with van der Waals surface area (Å²) in [7, 11) is 0. The summed E-state index contributed by atoms with van der Waals surface area (Å²) in [6, 6.07) is 8.07. The molecule has 0 aliphatic carbocycles. The minimum Gasteiger partial charge on any atom is -0.484 e. The number of benzene rings is 1. The highest BCUT2D eigenvalue weighted by atomic mass is 32.1. The molecule has 0 aliphatic heterocycles. The van der Waals surface area contributed by atoms with Crippen LogP contribution in [-0.4, -0.2) is 25.4 Å². The summed E-state index contributed by atoms with van der Waals surface area (Å²) in [5.74, 6) is 0.0868. The first kappa shape index (κ1) is 18.1. The van der Waals surface area contributed by atoms with E-state index in [-0.39, 0.29) is 5.75 Å². The van der Waals surface area contributed by atoms with Crippen molar-refractivity contribution in [1.82, 2.24) is 5.32 Å². The highest BCUT2D eigenvalue weighted by Gasteiger charge is 2.28. The number of hydrogen-bond donors (Lipinski definition) is 2. The average molecular weight is 358 g/mol. The lowest BCUT2D eigenvalue weighted by Gasteiger charge is -2.15. The van der Waals surface area contributed by atoms with Crippen molar-refractivity contribution >= 4 is 23.1 Å². The summed E-state index contributed by atoms with van der Waals surface area (Å²) >= 11 is 1.61. The maximum absolute atomic E-state index is 12.2. The first-order valence-electron chi connectivity index (χ1n) is 7.21. The van der Waals surface area contributed by atoms with E-state index in [2.05, 4.69) is 10.6 Å². The van der Waals surface area contributed by atoms with E-state index in [0.29, 0.717) is 17.8 Å². The van der Waals surface area contributed by atoms with E-state index in [4.69, 9.17) is 4.74 Å². The Bertz CT molecular complexity index is 672. The normalized spacial score (nSPS) is 11.2. The highest BCUT2D eigenvalue weighted by Crippen LogP contribution is 2.27. The van der Waals surface area contributed by atoms with Gasteiger partial charge in [0.15, 0.2) is 6.61 Å². The SMILES string of the molecule is Cc1c(NC(=O)NCCc2cccs2)cccc1OCC(F)(F)F. The molecule has 0 saturated carbocycles. The van der Waals surface area contributed by atoms with Crippen LogP contribution in [0.2, 0.25) is 0 Å². The molecule has 130 valence electrons. The summed E-state index contributed by atoms with van der Waals surface area (Å²) in [6.07, 6.45) is -3.69. The number of carbonyl (C=O) groups excluding carboxylic acids is 1. The number of urea groups is 1. The van der Waals surface area contributed by atoms with Crippen LogP contribution in [-0.2, 0) is 6.42 Å². The van der Waals surface area contributed by atoms with E-state index in [1.54, 1.807) is 24.3 Å². The van der Waals surface area contributed by atoms with Gasteiger partial charge in [-0.2, -0.15) is 13.2 Å². The summed E-state index contributed by atoms with van der Waals surface area (Å²) in [5.41, 5.74) is 0.846. The summed E-state index contributed by atoms with van der Waals surface area (Å²) in [6.45, 7) is 0.687. The second-order valence-corrected chi connectivity index (χ2v) is 6.08. The molecule has 0 aliphatic rings. The second-order valence-electron chi connectivity index (χ2n) is 5.04. The summed E-state index contributed by atoms with van der Waals surface area (Å²) < 4.78 is 41.5. The number of rotatable bonds is 6. The number of amides is 2. The number of carbonyl (C=O) groups is 1. The average Bonchev–Trinajstić information content (AvgIpc) is 3.00. The molecule has 2 N–H and O–H groups in total. The minimum atomic E-state index is -4.41. The molecular weight excluding hydrogens is 341 g/mol. The van der Waals surface area contributed by atoms with Crippen LogP contribution in [0.3, 0.4) is 0 Å². The van der Waals surface area contributed by atoms with Crippen molar-refractivity contribution in [3.8, 4) is 5.75 Å². The van der Waals surface area contributed by atoms with Gasteiger partial charge in [-0.25, -0.2) is 4.79 Å². The van der Waals surface area contributed by atoms with Crippen LogP contribution in [0.4, 0.5) is 23.7 Å². The van der Waals surface area contributed by atoms with Crippen molar-refractivity contribution in [3.63, 3.8) is 0 Å². The number of hydrogen-bond acceptors (Lipinski definition) is 3. The Hall–Kier alpha value is -2.22. The Morgan fingerprint density at radius 2 is 2.04 bits per heavy atom. The lowest BCUT2D eigenvalue weighted by Crippen LogP contribution is -2.30. The molecule has 0 saturated heterocycles. The van der Waals surface area contributed by atoms with E-state index in [1.807, 2.05) is 17.5 Å². The molecule has 0 atom stereocenters. The number of nitrogens with one attached hydrogen (secondary N) is 2. The van der Waals surface area contributed by atoms with Crippen LogP contribution >= 0.6 is 11.3 Å².